The molecular formula is C24H24N3O+. The molecule has 140 valence electrons. The number of hydrogen-bond donors (Lipinski definition) is 1. The zero-order valence-corrected chi connectivity index (χ0v) is 16.2. The Morgan fingerprint density at radius 3 is 2.36 bits per heavy atom. The third-order valence-electron chi connectivity index (χ3n) is 5.09. The number of aryl methyl sites for hydroxylation is 2. The van der Waals surface area contributed by atoms with E-state index < -0.39 is 0 Å². The van der Waals surface area contributed by atoms with Crippen molar-refractivity contribution in [2.75, 3.05) is 0 Å². The first-order chi connectivity index (χ1) is 13.6. The standard InChI is InChI=1S/C24H23N3O/c1-17-11-13-20(14-12-17)24(19-8-4-3-5-9-19)25-16-21-15-23(28)27-18(2)7-6-10-22(27)26-21/h3-15,24-25H,16H2,1-2H3/p+1/t24-/m1/s1. The lowest BCUT2D eigenvalue weighted by Gasteiger charge is -2.17. The minimum atomic E-state index is -0.0295. The quantitative estimate of drug-likeness (QED) is 0.587. The fourth-order valence-electron chi connectivity index (χ4n) is 3.61. The summed E-state index contributed by atoms with van der Waals surface area (Å²) in [6, 6.07) is 26.6. The predicted octanol–water partition coefficient (Wildman–Crippen LogP) is 3.16. The molecule has 2 aromatic carbocycles. The number of hydrogen-bond acceptors (Lipinski definition) is 2. The van der Waals surface area contributed by atoms with Gasteiger partial charge in [0.05, 0.1) is 0 Å². The van der Waals surface area contributed by atoms with Gasteiger partial charge in [0.15, 0.2) is 0 Å². The molecule has 0 saturated carbocycles. The number of nitrogens with two attached hydrogens (primary N) is 1. The second-order valence-electron chi connectivity index (χ2n) is 7.19. The van der Waals surface area contributed by atoms with E-state index in [0.29, 0.717) is 12.2 Å². The highest BCUT2D eigenvalue weighted by molar-refractivity contribution is 5.40. The van der Waals surface area contributed by atoms with Crippen LogP contribution in [-0.2, 0) is 6.54 Å². The van der Waals surface area contributed by atoms with Crippen LogP contribution in [0.25, 0.3) is 5.65 Å². The fourth-order valence-corrected chi connectivity index (χ4v) is 3.61. The van der Waals surface area contributed by atoms with E-state index in [1.807, 2.05) is 31.2 Å². The smallest absolute Gasteiger partial charge is 0.258 e. The molecule has 0 bridgehead atoms. The van der Waals surface area contributed by atoms with Crippen molar-refractivity contribution < 1.29 is 5.32 Å². The van der Waals surface area contributed by atoms with E-state index in [-0.39, 0.29) is 11.6 Å². The van der Waals surface area contributed by atoms with Crippen molar-refractivity contribution in [1.82, 2.24) is 9.38 Å². The topological polar surface area (TPSA) is 51.0 Å². The largest absolute Gasteiger partial charge is 0.331 e. The summed E-state index contributed by atoms with van der Waals surface area (Å²) in [6.45, 7) is 4.65. The van der Waals surface area contributed by atoms with E-state index in [1.54, 1.807) is 10.5 Å². The van der Waals surface area contributed by atoms with Crippen molar-refractivity contribution in [3.05, 3.63) is 117 Å². The van der Waals surface area contributed by atoms with E-state index in [4.69, 9.17) is 4.98 Å². The van der Waals surface area contributed by atoms with Crippen molar-refractivity contribution >= 4 is 5.65 Å². The van der Waals surface area contributed by atoms with Gasteiger partial charge in [0.25, 0.3) is 5.56 Å². The maximum Gasteiger partial charge on any atom is 0.258 e. The van der Waals surface area contributed by atoms with E-state index >= 15 is 0 Å². The van der Waals surface area contributed by atoms with Crippen molar-refractivity contribution in [2.24, 2.45) is 0 Å². The number of benzene rings is 2. The van der Waals surface area contributed by atoms with E-state index in [2.05, 4.69) is 60.8 Å². The van der Waals surface area contributed by atoms with Crippen LogP contribution in [0.1, 0.15) is 34.1 Å². The molecule has 4 nitrogen and oxygen atoms in total. The van der Waals surface area contributed by atoms with Crippen LogP contribution in [0.4, 0.5) is 0 Å². The monoisotopic (exact) mass is 370 g/mol. The van der Waals surface area contributed by atoms with Gasteiger partial charge >= 0.3 is 0 Å². The van der Waals surface area contributed by atoms with Gasteiger partial charge in [-0.05, 0) is 26.0 Å². The number of aromatic nitrogens is 2. The number of quaternary nitrogens is 1. The Bertz CT molecular complexity index is 1150. The van der Waals surface area contributed by atoms with Crippen LogP contribution in [0.3, 0.4) is 0 Å². The normalized spacial score (nSPS) is 12.2. The van der Waals surface area contributed by atoms with Gasteiger partial charge < -0.3 is 5.32 Å². The van der Waals surface area contributed by atoms with Crippen LogP contribution >= 0.6 is 0 Å². The first kappa shape index (κ1) is 18.1. The van der Waals surface area contributed by atoms with E-state index in [9.17, 15) is 4.79 Å². The summed E-state index contributed by atoms with van der Waals surface area (Å²) < 4.78 is 1.65. The van der Waals surface area contributed by atoms with Gasteiger partial charge in [0, 0.05) is 22.9 Å². The van der Waals surface area contributed by atoms with E-state index in [0.717, 1.165) is 11.4 Å². The summed E-state index contributed by atoms with van der Waals surface area (Å²) in [4.78, 5) is 17.3. The van der Waals surface area contributed by atoms with Crippen LogP contribution in [-0.4, -0.2) is 9.38 Å². The van der Waals surface area contributed by atoms with Crippen LogP contribution in [0.5, 0.6) is 0 Å². The highest BCUT2D eigenvalue weighted by Gasteiger charge is 2.18. The van der Waals surface area contributed by atoms with Gasteiger partial charge in [-0.25, -0.2) is 4.98 Å². The van der Waals surface area contributed by atoms with Crippen molar-refractivity contribution in [1.29, 1.82) is 0 Å². The summed E-state index contributed by atoms with van der Waals surface area (Å²) in [7, 11) is 0. The molecule has 2 N–H and O–H groups in total. The zero-order chi connectivity index (χ0) is 19.5. The average Bonchev–Trinajstić information content (AvgIpc) is 2.70. The van der Waals surface area contributed by atoms with Crippen molar-refractivity contribution in [2.45, 2.75) is 26.4 Å². The summed E-state index contributed by atoms with van der Waals surface area (Å²) in [5.41, 5.74) is 6.08. The highest BCUT2D eigenvalue weighted by atomic mass is 16.1. The molecule has 4 rings (SSSR count). The number of rotatable bonds is 5. The molecule has 0 aliphatic rings. The number of nitrogens with zero attached hydrogens (tertiary/aromatic N) is 2. The average molecular weight is 370 g/mol. The second kappa shape index (κ2) is 7.79. The summed E-state index contributed by atoms with van der Waals surface area (Å²) in [6.07, 6.45) is 0. The molecule has 0 radical (unpaired) electrons. The molecule has 4 aromatic rings. The lowest BCUT2D eigenvalue weighted by Crippen LogP contribution is -2.84. The fraction of sp³-hybridized carbons (Fsp3) is 0.167. The lowest BCUT2D eigenvalue weighted by atomic mass is 9.98. The Labute approximate surface area is 164 Å². The molecule has 0 amide bonds. The molecule has 2 heterocycles. The zero-order valence-electron chi connectivity index (χ0n) is 16.2. The Morgan fingerprint density at radius 2 is 1.61 bits per heavy atom. The van der Waals surface area contributed by atoms with Gasteiger partial charge in [-0.15, -0.1) is 0 Å². The first-order valence-corrected chi connectivity index (χ1v) is 9.55. The minimum absolute atomic E-state index is 0.0295. The molecule has 0 unspecified atom stereocenters. The Morgan fingerprint density at radius 1 is 0.893 bits per heavy atom. The maximum atomic E-state index is 12.6. The number of pyridine rings is 1. The van der Waals surface area contributed by atoms with Gasteiger partial charge in [-0.3, -0.25) is 9.20 Å². The predicted molar refractivity (Wildman–Crippen MR) is 111 cm³/mol. The third-order valence-corrected chi connectivity index (χ3v) is 5.09. The molecule has 28 heavy (non-hydrogen) atoms. The first-order valence-electron chi connectivity index (χ1n) is 9.55. The summed E-state index contributed by atoms with van der Waals surface area (Å²) in [5.74, 6) is 0. The van der Waals surface area contributed by atoms with Gasteiger partial charge in [-0.2, -0.15) is 0 Å². The maximum absolute atomic E-state index is 12.6. The second-order valence-corrected chi connectivity index (χ2v) is 7.19. The minimum Gasteiger partial charge on any atom is -0.331 e. The molecule has 4 heteroatoms. The molecule has 1 atom stereocenters. The van der Waals surface area contributed by atoms with Crippen LogP contribution in [0, 0.1) is 13.8 Å². The van der Waals surface area contributed by atoms with Crippen LogP contribution in [0.15, 0.2) is 83.7 Å². The molecule has 0 aliphatic carbocycles. The molecule has 0 spiro atoms. The molecule has 0 aliphatic heterocycles. The molecule has 0 saturated heterocycles. The van der Waals surface area contributed by atoms with E-state index in [1.165, 1.54) is 16.7 Å². The highest BCUT2D eigenvalue weighted by Crippen LogP contribution is 2.19. The lowest BCUT2D eigenvalue weighted by molar-refractivity contribution is -0.702. The van der Waals surface area contributed by atoms with Crippen LogP contribution < -0.4 is 10.9 Å². The van der Waals surface area contributed by atoms with Crippen LogP contribution in [0.2, 0.25) is 0 Å². The third kappa shape index (κ3) is 3.73. The summed E-state index contributed by atoms with van der Waals surface area (Å²) in [5, 5.41) is 2.24. The van der Waals surface area contributed by atoms with Gasteiger partial charge in [-0.1, -0.05) is 66.2 Å². The Balaban J connectivity index is 1.66. The molecular weight excluding hydrogens is 346 g/mol. The molecule has 0 fully saturated rings. The Hall–Kier alpha value is -3.24. The van der Waals surface area contributed by atoms with Crippen molar-refractivity contribution in [3.63, 3.8) is 0 Å². The van der Waals surface area contributed by atoms with Gasteiger partial charge in [0.1, 0.15) is 23.9 Å². The Kier molecular flexibility index (Phi) is 5.04. The summed E-state index contributed by atoms with van der Waals surface area (Å²) >= 11 is 0. The number of fused-ring (bicyclic) bond motifs is 1. The SMILES string of the molecule is Cc1ccc([C@H]([NH2+]Cc2cc(=O)n3c(C)cccc3n2)c2ccccc2)cc1. The van der Waals surface area contributed by atoms with Crippen molar-refractivity contribution in [3.8, 4) is 0 Å². The van der Waals surface area contributed by atoms with Gasteiger partial charge in [0.2, 0.25) is 0 Å². The molecule has 2 aromatic heterocycles.